The number of nitrogens with one attached hydrogen (secondary N) is 1. The minimum absolute atomic E-state index is 0.0309. The molecule has 1 N–H and O–H groups in total. The molecule has 1 aliphatic heterocycles. The number of hydrogen-bond acceptors (Lipinski definition) is 5. The van der Waals surface area contributed by atoms with Crippen molar-refractivity contribution in [2.24, 2.45) is 0 Å². The Balaban J connectivity index is 1.55. The van der Waals surface area contributed by atoms with Crippen molar-refractivity contribution in [3.63, 3.8) is 0 Å². The summed E-state index contributed by atoms with van der Waals surface area (Å²) in [7, 11) is 1.65. The van der Waals surface area contributed by atoms with Crippen LogP contribution in [0, 0.1) is 6.92 Å². The molecule has 1 saturated heterocycles. The number of amides is 1. The quantitative estimate of drug-likeness (QED) is 0.772. The van der Waals surface area contributed by atoms with Crippen molar-refractivity contribution in [2.45, 2.75) is 25.8 Å². The summed E-state index contributed by atoms with van der Waals surface area (Å²) < 4.78 is 16.5. The first-order valence-corrected chi connectivity index (χ1v) is 9.43. The number of hydrogen-bond donors (Lipinski definition) is 1. The van der Waals surface area contributed by atoms with Crippen molar-refractivity contribution >= 4 is 5.91 Å². The van der Waals surface area contributed by atoms with E-state index in [2.05, 4.69) is 10.2 Å². The lowest BCUT2D eigenvalue weighted by molar-refractivity contribution is -0.121. The van der Waals surface area contributed by atoms with E-state index in [1.54, 1.807) is 7.11 Å². The molecule has 1 unspecified atom stereocenters. The summed E-state index contributed by atoms with van der Waals surface area (Å²) in [4.78, 5) is 14.7. The van der Waals surface area contributed by atoms with Gasteiger partial charge in [-0.1, -0.05) is 12.1 Å². The molecule has 2 aromatic rings. The second-order valence-corrected chi connectivity index (χ2v) is 6.77. The van der Waals surface area contributed by atoms with Crippen LogP contribution in [0.3, 0.4) is 0 Å². The molecule has 3 rings (SSSR count). The summed E-state index contributed by atoms with van der Waals surface area (Å²) in [6.45, 7) is 5.56. The molecule has 146 valence electrons. The van der Waals surface area contributed by atoms with Gasteiger partial charge in [0.05, 0.1) is 26.4 Å². The largest absolute Gasteiger partial charge is 0.497 e. The van der Waals surface area contributed by atoms with Crippen LogP contribution in [0.2, 0.25) is 0 Å². The molecular weight excluding hydrogens is 344 g/mol. The maximum atomic E-state index is 12.4. The van der Waals surface area contributed by atoms with Crippen LogP contribution in [0.4, 0.5) is 0 Å². The predicted molar refractivity (Wildman–Crippen MR) is 103 cm³/mol. The van der Waals surface area contributed by atoms with Gasteiger partial charge in [0, 0.05) is 26.1 Å². The Hall–Kier alpha value is -2.31. The van der Waals surface area contributed by atoms with E-state index in [0.717, 1.165) is 35.9 Å². The molecular formula is C21H28N2O4. The van der Waals surface area contributed by atoms with E-state index in [-0.39, 0.29) is 11.9 Å². The summed E-state index contributed by atoms with van der Waals surface area (Å²) in [5, 5.41) is 3.07. The molecule has 1 fully saturated rings. The number of carbonyl (C=O) groups is 1. The first-order valence-electron chi connectivity index (χ1n) is 9.43. The molecule has 1 aliphatic rings. The Labute approximate surface area is 160 Å². The number of benzene rings is 1. The van der Waals surface area contributed by atoms with Gasteiger partial charge in [0.25, 0.3) is 0 Å². The molecule has 1 amide bonds. The van der Waals surface area contributed by atoms with Gasteiger partial charge in [-0.05, 0) is 43.2 Å². The fourth-order valence-electron chi connectivity index (χ4n) is 3.32. The number of rotatable bonds is 8. The monoisotopic (exact) mass is 372 g/mol. The minimum atomic E-state index is 0.0309. The van der Waals surface area contributed by atoms with Crippen molar-refractivity contribution in [2.75, 3.05) is 40.0 Å². The molecule has 0 saturated carbocycles. The Bertz CT molecular complexity index is 737. The number of carbonyl (C=O) groups excluding carboxylic acids is 1. The zero-order valence-corrected chi connectivity index (χ0v) is 16.1. The molecule has 0 radical (unpaired) electrons. The SMILES string of the molecule is COc1cccc(CCC(=O)NCC(c2ccc(C)o2)N2CCOCC2)c1. The first kappa shape index (κ1) is 19.5. The Morgan fingerprint density at radius 1 is 1.26 bits per heavy atom. The Morgan fingerprint density at radius 2 is 2.07 bits per heavy atom. The lowest BCUT2D eigenvalue weighted by Gasteiger charge is -2.33. The van der Waals surface area contributed by atoms with Gasteiger partial charge in [0.2, 0.25) is 5.91 Å². The van der Waals surface area contributed by atoms with Crippen molar-refractivity contribution in [1.29, 1.82) is 0 Å². The summed E-state index contributed by atoms with van der Waals surface area (Å²) >= 11 is 0. The van der Waals surface area contributed by atoms with Crippen molar-refractivity contribution in [1.82, 2.24) is 10.2 Å². The fraction of sp³-hybridized carbons (Fsp3) is 0.476. The maximum Gasteiger partial charge on any atom is 0.220 e. The average Bonchev–Trinajstić information content (AvgIpc) is 3.13. The zero-order valence-electron chi connectivity index (χ0n) is 16.1. The molecule has 0 aliphatic carbocycles. The molecule has 1 atom stereocenters. The molecule has 1 aromatic carbocycles. The second kappa shape index (κ2) is 9.58. The average molecular weight is 372 g/mol. The lowest BCUT2D eigenvalue weighted by atomic mass is 10.1. The van der Waals surface area contributed by atoms with Crippen LogP contribution in [-0.4, -0.2) is 50.8 Å². The third kappa shape index (κ3) is 5.58. The topological polar surface area (TPSA) is 63.9 Å². The molecule has 1 aromatic heterocycles. The van der Waals surface area contributed by atoms with E-state index in [1.807, 2.05) is 43.3 Å². The smallest absolute Gasteiger partial charge is 0.220 e. The van der Waals surface area contributed by atoms with Gasteiger partial charge >= 0.3 is 0 Å². The van der Waals surface area contributed by atoms with Crippen LogP contribution < -0.4 is 10.1 Å². The number of methoxy groups -OCH3 is 1. The van der Waals surface area contributed by atoms with Crippen LogP contribution in [0.25, 0.3) is 0 Å². The van der Waals surface area contributed by atoms with E-state index >= 15 is 0 Å². The van der Waals surface area contributed by atoms with Crippen LogP contribution in [0.1, 0.15) is 29.5 Å². The third-order valence-electron chi connectivity index (χ3n) is 4.84. The fourth-order valence-corrected chi connectivity index (χ4v) is 3.32. The Kier molecular flexibility index (Phi) is 6.90. The highest BCUT2D eigenvalue weighted by Gasteiger charge is 2.25. The van der Waals surface area contributed by atoms with Gasteiger partial charge in [-0.2, -0.15) is 0 Å². The number of morpholine rings is 1. The van der Waals surface area contributed by atoms with Crippen LogP contribution in [0.15, 0.2) is 40.8 Å². The Morgan fingerprint density at radius 3 is 2.78 bits per heavy atom. The number of ether oxygens (including phenoxy) is 2. The molecule has 6 heteroatoms. The highest BCUT2D eigenvalue weighted by molar-refractivity contribution is 5.76. The van der Waals surface area contributed by atoms with Crippen LogP contribution in [-0.2, 0) is 16.0 Å². The summed E-state index contributed by atoms with van der Waals surface area (Å²) in [5.41, 5.74) is 1.09. The standard InChI is InChI=1S/C21H28N2O4/c1-16-6-8-20(27-16)19(23-10-12-26-13-11-23)15-22-21(24)9-7-17-4-3-5-18(14-17)25-2/h3-6,8,14,19H,7,9-13,15H2,1-2H3,(H,22,24). The van der Waals surface area contributed by atoms with E-state index in [0.29, 0.717) is 32.6 Å². The minimum Gasteiger partial charge on any atom is -0.497 e. The molecule has 27 heavy (non-hydrogen) atoms. The van der Waals surface area contributed by atoms with E-state index in [1.165, 1.54) is 0 Å². The molecule has 0 bridgehead atoms. The second-order valence-electron chi connectivity index (χ2n) is 6.77. The number of aryl methyl sites for hydroxylation is 2. The van der Waals surface area contributed by atoms with Crippen molar-refractivity contribution < 1.29 is 18.7 Å². The maximum absolute atomic E-state index is 12.4. The summed E-state index contributed by atoms with van der Waals surface area (Å²) in [5.74, 6) is 2.63. The molecule has 0 spiro atoms. The number of furan rings is 1. The van der Waals surface area contributed by atoms with Gasteiger partial charge in [0.1, 0.15) is 17.3 Å². The molecule has 6 nitrogen and oxygen atoms in total. The summed E-state index contributed by atoms with van der Waals surface area (Å²) in [6, 6.07) is 11.8. The van der Waals surface area contributed by atoms with E-state index in [9.17, 15) is 4.79 Å². The third-order valence-corrected chi connectivity index (χ3v) is 4.84. The van der Waals surface area contributed by atoms with Gasteiger partial charge in [-0.3, -0.25) is 9.69 Å². The van der Waals surface area contributed by atoms with E-state index in [4.69, 9.17) is 13.9 Å². The van der Waals surface area contributed by atoms with Crippen molar-refractivity contribution in [3.05, 3.63) is 53.5 Å². The normalized spacial score (nSPS) is 16.1. The van der Waals surface area contributed by atoms with Crippen molar-refractivity contribution in [3.8, 4) is 5.75 Å². The van der Waals surface area contributed by atoms with Gasteiger partial charge in [0.15, 0.2) is 0 Å². The lowest BCUT2D eigenvalue weighted by Crippen LogP contribution is -2.43. The van der Waals surface area contributed by atoms with Crippen LogP contribution in [0.5, 0.6) is 5.75 Å². The van der Waals surface area contributed by atoms with E-state index < -0.39 is 0 Å². The zero-order chi connectivity index (χ0) is 19.1. The van der Waals surface area contributed by atoms with Crippen LogP contribution >= 0.6 is 0 Å². The highest BCUT2D eigenvalue weighted by Crippen LogP contribution is 2.23. The highest BCUT2D eigenvalue weighted by atomic mass is 16.5. The predicted octanol–water partition coefficient (Wildman–Crippen LogP) is 2.72. The van der Waals surface area contributed by atoms with Gasteiger partial charge < -0.3 is 19.2 Å². The first-order chi connectivity index (χ1) is 13.2. The molecule has 2 heterocycles. The number of nitrogens with zero attached hydrogens (tertiary/aromatic N) is 1. The van der Waals surface area contributed by atoms with Gasteiger partial charge in [-0.15, -0.1) is 0 Å². The summed E-state index contributed by atoms with van der Waals surface area (Å²) in [6.07, 6.45) is 1.13. The van der Waals surface area contributed by atoms with Gasteiger partial charge in [-0.25, -0.2) is 0 Å².